The van der Waals surface area contributed by atoms with Crippen LogP contribution >= 0.6 is 11.3 Å². The Kier molecular flexibility index (Phi) is 3.77. The second kappa shape index (κ2) is 5.71. The van der Waals surface area contributed by atoms with E-state index in [4.69, 9.17) is 5.73 Å². The first kappa shape index (κ1) is 13.9. The van der Waals surface area contributed by atoms with Gasteiger partial charge in [-0.3, -0.25) is 0 Å². The molecule has 0 aliphatic rings. The van der Waals surface area contributed by atoms with Crippen molar-refractivity contribution in [2.45, 2.75) is 6.54 Å². The van der Waals surface area contributed by atoms with Crippen LogP contribution < -0.4 is 5.73 Å². The highest BCUT2D eigenvalue weighted by Gasteiger charge is 2.18. The molecule has 106 valence electrons. The van der Waals surface area contributed by atoms with Crippen molar-refractivity contribution in [2.24, 2.45) is 5.73 Å². The van der Waals surface area contributed by atoms with Gasteiger partial charge in [0.15, 0.2) is 0 Å². The zero-order chi connectivity index (χ0) is 14.8. The van der Waals surface area contributed by atoms with Crippen LogP contribution in [0.25, 0.3) is 21.8 Å². The normalized spacial score (nSPS) is 10.8. The fourth-order valence-electron chi connectivity index (χ4n) is 2.12. The molecule has 1 heterocycles. The third-order valence-corrected chi connectivity index (χ3v) is 4.20. The van der Waals surface area contributed by atoms with E-state index in [9.17, 15) is 8.78 Å². The van der Waals surface area contributed by atoms with Crippen molar-refractivity contribution in [3.63, 3.8) is 0 Å². The summed E-state index contributed by atoms with van der Waals surface area (Å²) in [6.07, 6.45) is 0. The fraction of sp³-hybridized carbons (Fsp3) is 0.0625. The molecule has 5 heteroatoms. The van der Waals surface area contributed by atoms with Crippen LogP contribution in [0.2, 0.25) is 0 Å². The van der Waals surface area contributed by atoms with Crippen LogP contribution in [0.15, 0.2) is 48.5 Å². The second-order valence-electron chi connectivity index (χ2n) is 4.46. The van der Waals surface area contributed by atoms with Crippen molar-refractivity contribution in [1.82, 2.24) is 4.98 Å². The Morgan fingerprint density at radius 2 is 1.62 bits per heavy atom. The maximum atomic E-state index is 13.9. The standard InChI is InChI=1S/C16H12F2N2S/c17-11-7-4-8-12(18)14(11)16-20-15(13(9-19)21-16)10-5-2-1-3-6-10/h1-8H,9,19H2. The minimum absolute atomic E-state index is 0.0978. The van der Waals surface area contributed by atoms with E-state index in [0.29, 0.717) is 10.7 Å². The van der Waals surface area contributed by atoms with E-state index >= 15 is 0 Å². The van der Waals surface area contributed by atoms with E-state index in [1.165, 1.54) is 29.5 Å². The zero-order valence-corrected chi connectivity index (χ0v) is 11.8. The van der Waals surface area contributed by atoms with E-state index in [2.05, 4.69) is 4.98 Å². The molecule has 0 bridgehead atoms. The van der Waals surface area contributed by atoms with E-state index in [1.54, 1.807) is 0 Å². The monoisotopic (exact) mass is 302 g/mol. The van der Waals surface area contributed by atoms with Crippen LogP contribution in [-0.4, -0.2) is 4.98 Å². The summed E-state index contributed by atoms with van der Waals surface area (Å²) < 4.78 is 27.8. The first-order chi connectivity index (χ1) is 10.2. The summed E-state index contributed by atoms with van der Waals surface area (Å²) in [6.45, 7) is 0.276. The Morgan fingerprint density at radius 1 is 0.952 bits per heavy atom. The Bertz CT molecular complexity index is 749. The summed E-state index contributed by atoms with van der Waals surface area (Å²) in [5, 5.41) is 0.310. The van der Waals surface area contributed by atoms with Crippen LogP contribution in [-0.2, 0) is 6.54 Å². The number of halogens is 2. The molecule has 2 nitrogen and oxygen atoms in total. The highest BCUT2D eigenvalue weighted by molar-refractivity contribution is 7.15. The van der Waals surface area contributed by atoms with E-state index in [-0.39, 0.29) is 12.1 Å². The number of nitrogens with zero attached hydrogens (tertiary/aromatic N) is 1. The summed E-state index contributed by atoms with van der Waals surface area (Å²) in [5.41, 5.74) is 7.21. The Hall–Kier alpha value is -2.11. The molecule has 0 aliphatic carbocycles. The molecular weight excluding hydrogens is 290 g/mol. The van der Waals surface area contributed by atoms with Gasteiger partial charge >= 0.3 is 0 Å². The van der Waals surface area contributed by atoms with Crippen LogP contribution in [0.5, 0.6) is 0 Å². The number of hydrogen-bond donors (Lipinski definition) is 1. The third kappa shape index (κ3) is 2.57. The van der Waals surface area contributed by atoms with Crippen molar-refractivity contribution in [1.29, 1.82) is 0 Å². The van der Waals surface area contributed by atoms with Gasteiger partial charge in [0.2, 0.25) is 0 Å². The van der Waals surface area contributed by atoms with Crippen LogP contribution in [0.4, 0.5) is 8.78 Å². The van der Waals surface area contributed by atoms with Gasteiger partial charge in [-0.25, -0.2) is 13.8 Å². The maximum Gasteiger partial charge on any atom is 0.136 e. The number of nitrogens with two attached hydrogens (primary N) is 1. The second-order valence-corrected chi connectivity index (χ2v) is 5.54. The number of rotatable bonds is 3. The lowest BCUT2D eigenvalue weighted by molar-refractivity contribution is 0.589. The number of aromatic nitrogens is 1. The minimum Gasteiger partial charge on any atom is -0.326 e. The highest BCUT2D eigenvalue weighted by Crippen LogP contribution is 2.35. The predicted molar refractivity (Wildman–Crippen MR) is 80.8 cm³/mol. The molecule has 2 aromatic carbocycles. The van der Waals surface area contributed by atoms with Crippen molar-refractivity contribution in [2.75, 3.05) is 0 Å². The van der Waals surface area contributed by atoms with Crippen molar-refractivity contribution < 1.29 is 8.78 Å². The van der Waals surface area contributed by atoms with E-state index < -0.39 is 11.6 Å². The van der Waals surface area contributed by atoms with Gasteiger partial charge in [-0.1, -0.05) is 36.4 Å². The molecule has 0 unspecified atom stereocenters. The minimum atomic E-state index is -0.619. The van der Waals surface area contributed by atoms with Gasteiger partial charge in [-0.2, -0.15) is 0 Å². The lowest BCUT2D eigenvalue weighted by atomic mass is 10.1. The van der Waals surface area contributed by atoms with Gasteiger partial charge in [-0.15, -0.1) is 11.3 Å². The zero-order valence-electron chi connectivity index (χ0n) is 11.0. The number of hydrogen-bond acceptors (Lipinski definition) is 3. The first-order valence-electron chi connectivity index (χ1n) is 6.40. The lowest BCUT2D eigenvalue weighted by Crippen LogP contribution is -1.95. The van der Waals surface area contributed by atoms with Crippen LogP contribution in [0.3, 0.4) is 0 Å². The number of thiazole rings is 1. The molecule has 0 atom stereocenters. The lowest BCUT2D eigenvalue weighted by Gasteiger charge is -2.00. The molecule has 0 saturated carbocycles. The van der Waals surface area contributed by atoms with E-state index in [0.717, 1.165) is 10.4 Å². The summed E-state index contributed by atoms with van der Waals surface area (Å²) in [6, 6.07) is 13.3. The molecule has 0 spiro atoms. The highest BCUT2D eigenvalue weighted by atomic mass is 32.1. The molecule has 21 heavy (non-hydrogen) atoms. The van der Waals surface area contributed by atoms with Gasteiger partial charge < -0.3 is 5.73 Å². The molecule has 3 aromatic rings. The van der Waals surface area contributed by atoms with Crippen molar-refractivity contribution >= 4 is 11.3 Å². The maximum absolute atomic E-state index is 13.9. The van der Waals surface area contributed by atoms with Crippen molar-refractivity contribution in [3.05, 3.63) is 65.0 Å². The molecule has 0 amide bonds. The van der Waals surface area contributed by atoms with Gasteiger partial charge in [0.25, 0.3) is 0 Å². The number of benzene rings is 2. The smallest absolute Gasteiger partial charge is 0.136 e. The Labute approximate surface area is 124 Å². The molecule has 2 N–H and O–H groups in total. The largest absolute Gasteiger partial charge is 0.326 e. The van der Waals surface area contributed by atoms with E-state index in [1.807, 2.05) is 30.3 Å². The van der Waals surface area contributed by atoms with Gasteiger partial charge in [-0.05, 0) is 12.1 Å². The Balaban J connectivity index is 2.17. The summed E-state index contributed by atoms with van der Waals surface area (Å²) in [4.78, 5) is 5.21. The fourth-order valence-corrected chi connectivity index (χ4v) is 3.13. The van der Waals surface area contributed by atoms with Crippen LogP contribution in [0.1, 0.15) is 4.88 Å². The molecule has 3 rings (SSSR count). The van der Waals surface area contributed by atoms with Gasteiger partial charge in [0.1, 0.15) is 16.6 Å². The molecule has 0 saturated heterocycles. The topological polar surface area (TPSA) is 38.9 Å². The molecule has 1 aromatic heterocycles. The third-order valence-electron chi connectivity index (χ3n) is 3.11. The predicted octanol–water partition coefficient (Wildman–Crippen LogP) is 4.21. The van der Waals surface area contributed by atoms with Crippen molar-refractivity contribution in [3.8, 4) is 21.8 Å². The van der Waals surface area contributed by atoms with Gasteiger partial charge in [0.05, 0.1) is 11.3 Å². The average molecular weight is 302 g/mol. The Morgan fingerprint density at radius 3 is 2.24 bits per heavy atom. The summed E-state index contributed by atoms with van der Waals surface area (Å²) in [5.74, 6) is -1.24. The quantitative estimate of drug-likeness (QED) is 0.787. The van der Waals surface area contributed by atoms with Crippen LogP contribution in [0, 0.1) is 11.6 Å². The first-order valence-corrected chi connectivity index (χ1v) is 7.22. The molecule has 0 fully saturated rings. The molecule has 0 radical (unpaired) electrons. The summed E-state index contributed by atoms with van der Waals surface area (Å²) in [7, 11) is 0. The van der Waals surface area contributed by atoms with Gasteiger partial charge in [0, 0.05) is 17.0 Å². The summed E-state index contributed by atoms with van der Waals surface area (Å²) >= 11 is 1.22. The SMILES string of the molecule is NCc1sc(-c2c(F)cccc2F)nc1-c1ccccc1. The molecule has 0 aliphatic heterocycles. The average Bonchev–Trinajstić information content (AvgIpc) is 2.92. The molecular formula is C16H12F2N2S.